The lowest BCUT2D eigenvalue weighted by molar-refractivity contribution is -0.158. The maximum atomic E-state index is 11.1. The Bertz CT molecular complexity index is 265. The lowest BCUT2D eigenvalue weighted by Gasteiger charge is -2.23. The number of allylic oxidation sites excluding steroid dienone is 1. The highest BCUT2D eigenvalue weighted by Crippen LogP contribution is 2.29. The Labute approximate surface area is 70.4 Å². The van der Waals surface area contributed by atoms with Crippen molar-refractivity contribution in [2.45, 2.75) is 25.7 Å². The average Bonchev–Trinajstić information content (AvgIpc) is 2.02. The summed E-state index contributed by atoms with van der Waals surface area (Å²) < 4.78 is 4.58. The van der Waals surface area contributed by atoms with E-state index in [2.05, 4.69) is 4.74 Å². The molecule has 1 saturated heterocycles. The van der Waals surface area contributed by atoms with Gasteiger partial charge in [0.25, 0.3) is 0 Å². The Hall–Kier alpha value is -1.12. The van der Waals surface area contributed by atoms with Crippen molar-refractivity contribution in [1.29, 1.82) is 0 Å². The lowest BCUT2D eigenvalue weighted by Crippen LogP contribution is -2.24. The van der Waals surface area contributed by atoms with Crippen molar-refractivity contribution >= 4 is 11.9 Å². The highest BCUT2D eigenvalue weighted by molar-refractivity contribution is 5.97. The summed E-state index contributed by atoms with van der Waals surface area (Å²) in [5.41, 5.74) is 0.680. The average molecular weight is 166 g/mol. The molecule has 0 saturated carbocycles. The molecular formula is C9H10O3. The van der Waals surface area contributed by atoms with Crippen LogP contribution in [0.25, 0.3) is 0 Å². The number of carbonyl (C=O) groups excluding carboxylic acids is 2. The SMILES string of the molecule is O=C1CC2CC=C(CC2)C(=O)O1. The predicted octanol–water partition coefficient (Wildman–Crippen LogP) is 1.19. The minimum Gasteiger partial charge on any atom is -0.390 e. The zero-order chi connectivity index (χ0) is 8.55. The zero-order valence-electron chi connectivity index (χ0n) is 6.71. The van der Waals surface area contributed by atoms with Crippen LogP contribution in [0, 0.1) is 5.92 Å². The van der Waals surface area contributed by atoms with Gasteiger partial charge in [0.15, 0.2) is 0 Å². The molecule has 2 aliphatic heterocycles. The monoisotopic (exact) mass is 166 g/mol. The molecule has 0 aromatic carbocycles. The third kappa shape index (κ3) is 1.26. The normalized spacial score (nSPS) is 29.0. The van der Waals surface area contributed by atoms with E-state index in [4.69, 9.17) is 0 Å². The van der Waals surface area contributed by atoms with Crippen molar-refractivity contribution in [3.63, 3.8) is 0 Å². The molecule has 1 fully saturated rings. The number of carbonyl (C=O) groups is 2. The molecule has 3 rings (SSSR count). The first-order valence-corrected chi connectivity index (χ1v) is 4.20. The first-order chi connectivity index (χ1) is 5.75. The van der Waals surface area contributed by atoms with E-state index in [-0.39, 0.29) is 5.97 Å². The first-order valence-electron chi connectivity index (χ1n) is 4.20. The molecule has 0 aromatic rings. The summed E-state index contributed by atoms with van der Waals surface area (Å²) >= 11 is 0. The van der Waals surface area contributed by atoms with Gasteiger partial charge in [0.2, 0.25) is 0 Å². The molecule has 3 nitrogen and oxygen atoms in total. The first kappa shape index (κ1) is 7.53. The van der Waals surface area contributed by atoms with Crippen LogP contribution in [0.15, 0.2) is 11.6 Å². The van der Waals surface area contributed by atoms with Crippen LogP contribution in [0.5, 0.6) is 0 Å². The smallest absolute Gasteiger partial charge is 0.341 e. The third-order valence-electron chi connectivity index (χ3n) is 2.44. The van der Waals surface area contributed by atoms with E-state index in [0.717, 1.165) is 19.3 Å². The topological polar surface area (TPSA) is 43.4 Å². The van der Waals surface area contributed by atoms with Gasteiger partial charge in [0.1, 0.15) is 0 Å². The number of hydrogen-bond donors (Lipinski definition) is 0. The van der Waals surface area contributed by atoms with Gasteiger partial charge in [0, 0.05) is 12.0 Å². The Kier molecular flexibility index (Phi) is 1.71. The van der Waals surface area contributed by atoms with Gasteiger partial charge < -0.3 is 4.74 Å². The summed E-state index contributed by atoms with van der Waals surface area (Å²) in [5, 5.41) is 0. The number of esters is 2. The molecule has 2 bridgehead atoms. The van der Waals surface area contributed by atoms with Crippen LogP contribution in [0.4, 0.5) is 0 Å². The molecular weight excluding hydrogens is 156 g/mol. The molecule has 0 N–H and O–H groups in total. The van der Waals surface area contributed by atoms with Gasteiger partial charge in [-0.1, -0.05) is 6.08 Å². The minimum absolute atomic E-state index is 0.365. The Morgan fingerprint density at radius 3 is 2.92 bits per heavy atom. The van der Waals surface area contributed by atoms with Gasteiger partial charge >= 0.3 is 11.9 Å². The van der Waals surface area contributed by atoms with Crippen LogP contribution in [-0.4, -0.2) is 11.9 Å². The Morgan fingerprint density at radius 1 is 1.42 bits per heavy atom. The maximum Gasteiger partial charge on any atom is 0.341 e. The van der Waals surface area contributed by atoms with Gasteiger partial charge in [-0.15, -0.1) is 0 Å². The summed E-state index contributed by atoms with van der Waals surface area (Å²) in [5.74, 6) is -0.400. The Morgan fingerprint density at radius 2 is 2.25 bits per heavy atom. The van der Waals surface area contributed by atoms with Crippen molar-refractivity contribution in [2.75, 3.05) is 0 Å². The molecule has 1 unspecified atom stereocenters. The molecule has 0 radical (unpaired) electrons. The van der Waals surface area contributed by atoms with Gasteiger partial charge in [-0.3, -0.25) is 4.79 Å². The van der Waals surface area contributed by atoms with E-state index in [1.54, 1.807) is 0 Å². The van der Waals surface area contributed by atoms with Crippen LogP contribution < -0.4 is 0 Å². The second kappa shape index (κ2) is 2.73. The fraction of sp³-hybridized carbons (Fsp3) is 0.556. The molecule has 12 heavy (non-hydrogen) atoms. The van der Waals surface area contributed by atoms with Gasteiger partial charge in [0.05, 0.1) is 0 Å². The lowest BCUT2D eigenvalue weighted by atomic mass is 9.86. The van der Waals surface area contributed by atoms with Crippen molar-refractivity contribution in [1.82, 2.24) is 0 Å². The third-order valence-corrected chi connectivity index (χ3v) is 2.44. The fourth-order valence-corrected chi connectivity index (χ4v) is 1.71. The van der Waals surface area contributed by atoms with Crippen LogP contribution >= 0.6 is 0 Å². The zero-order valence-corrected chi connectivity index (χ0v) is 6.71. The molecule has 0 aromatic heterocycles. The standard InChI is InChI=1S/C9H10O3/c10-8-5-6-1-3-7(4-2-6)9(11)12-8/h3,6H,1-2,4-5H2. The van der Waals surface area contributed by atoms with Crippen LogP contribution in [0.2, 0.25) is 0 Å². The van der Waals surface area contributed by atoms with Gasteiger partial charge in [-0.2, -0.15) is 0 Å². The molecule has 3 heteroatoms. The van der Waals surface area contributed by atoms with Gasteiger partial charge in [-0.05, 0) is 25.2 Å². The maximum absolute atomic E-state index is 11.1. The van der Waals surface area contributed by atoms with Crippen molar-refractivity contribution < 1.29 is 14.3 Å². The highest BCUT2D eigenvalue weighted by Gasteiger charge is 2.27. The van der Waals surface area contributed by atoms with Crippen LogP contribution in [0.3, 0.4) is 0 Å². The van der Waals surface area contributed by atoms with Crippen molar-refractivity contribution in [3.05, 3.63) is 11.6 Å². The van der Waals surface area contributed by atoms with Crippen molar-refractivity contribution in [3.8, 4) is 0 Å². The van der Waals surface area contributed by atoms with E-state index in [0.29, 0.717) is 17.9 Å². The molecule has 2 heterocycles. The van der Waals surface area contributed by atoms with E-state index >= 15 is 0 Å². The van der Waals surface area contributed by atoms with E-state index < -0.39 is 5.97 Å². The fourth-order valence-electron chi connectivity index (χ4n) is 1.71. The summed E-state index contributed by atoms with van der Waals surface area (Å²) in [6.07, 6.45) is 4.89. The number of hydrogen-bond acceptors (Lipinski definition) is 3. The summed E-state index contributed by atoms with van der Waals surface area (Å²) in [4.78, 5) is 22.1. The van der Waals surface area contributed by atoms with Gasteiger partial charge in [-0.25, -0.2) is 4.79 Å². The highest BCUT2D eigenvalue weighted by atomic mass is 16.6. The van der Waals surface area contributed by atoms with E-state index in [1.165, 1.54) is 0 Å². The predicted molar refractivity (Wildman–Crippen MR) is 41.1 cm³/mol. The number of fused-ring (bicyclic) bond motifs is 5. The molecule has 3 aliphatic rings. The minimum atomic E-state index is -0.432. The molecule has 0 spiro atoms. The second-order valence-corrected chi connectivity index (χ2v) is 3.34. The quantitative estimate of drug-likeness (QED) is 0.401. The summed E-state index contributed by atoms with van der Waals surface area (Å²) in [6, 6.07) is 0. The molecule has 1 aliphatic carbocycles. The second-order valence-electron chi connectivity index (χ2n) is 3.34. The Balaban J connectivity index is 2.26. The van der Waals surface area contributed by atoms with E-state index in [9.17, 15) is 9.59 Å². The molecule has 0 amide bonds. The molecule has 1 atom stereocenters. The number of ether oxygens (including phenoxy) is 1. The van der Waals surface area contributed by atoms with E-state index in [1.807, 2.05) is 6.08 Å². The summed E-state index contributed by atoms with van der Waals surface area (Å²) in [7, 11) is 0. The van der Waals surface area contributed by atoms with Crippen LogP contribution in [0.1, 0.15) is 25.7 Å². The summed E-state index contributed by atoms with van der Waals surface area (Å²) in [6.45, 7) is 0. The van der Waals surface area contributed by atoms with Crippen LogP contribution in [-0.2, 0) is 14.3 Å². The van der Waals surface area contributed by atoms with Crippen molar-refractivity contribution in [2.24, 2.45) is 5.92 Å². The number of rotatable bonds is 0. The largest absolute Gasteiger partial charge is 0.390 e. The molecule has 64 valence electrons.